The zero-order chi connectivity index (χ0) is 19.9. The number of carbonyl (C=O) groups excluding carboxylic acids is 1. The van der Waals surface area contributed by atoms with Gasteiger partial charge in [-0.05, 0) is 51.3 Å². The molecular formula is C20H32N4O3. The smallest absolute Gasteiger partial charge is 0.407 e. The Morgan fingerprint density at radius 3 is 2.81 bits per heavy atom. The Bertz CT molecular complexity index is 655. The molecule has 2 rings (SSSR count). The third-order valence-electron chi connectivity index (χ3n) is 4.25. The van der Waals surface area contributed by atoms with E-state index in [9.17, 15) is 4.79 Å². The highest BCUT2D eigenvalue weighted by Crippen LogP contribution is 2.14. The zero-order valence-corrected chi connectivity index (χ0v) is 17.0. The number of aliphatic imine (C=N–C) groups is 1. The Labute approximate surface area is 162 Å². The van der Waals surface area contributed by atoms with E-state index < -0.39 is 5.60 Å². The first-order valence-electron chi connectivity index (χ1n) is 9.39. The molecule has 1 aliphatic rings. The third-order valence-corrected chi connectivity index (χ3v) is 4.25. The van der Waals surface area contributed by atoms with Crippen LogP contribution in [0.4, 0.5) is 4.79 Å². The number of likely N-dealkylation sites (tertiary alicyclic amines) is 1. The molecular weight excluding hydrogens is 344 g/mol. The quantitative estimate of drug-likeness (QED) is 0.610. The number of guanidine groups is 1. The van der Waals surface area contributed by atoms with Gasteiger partial charge in [0, 0.05) is 26.7 Å². The van der Waals surface area contributed by atoms with Crippen molar-refractivity contribution >= 4 is 12.1 Å². The molecule has 1 atom stereocenters. The van der Waals surface area contributed by atoms with Crippen molar-refractivity contribution in [3.63, 3.8) is 0 Å². The average Bonchev–Trinajstić information content (AvgIpc) is 3.05. The van der Waals surface area contributed by atoms with Crippen LogP contribution in [0.2, 0.25) is 0 Å². The molecule has 150 valence electrons. The Balaban J connectivity index is 1.78. The highest BCUT2D eigenvalue weighted by atomic mass is 16.6. The Morgan fingerprint density at radius 2 is 2.15 bits per heavy atom. The van der Waals surface area contributed by atoms with Crippen molar-refractivity contribution in [3.8, 4) is 5.75 Å². The van der Waals surface area contributed by atoms with Gasteiger partial charge in [-0.1, -0.05) is 12.1 Å². The number of methoxy groups -OCH3 is 1. The predicted molar refractivity (Wildman–Crippen MR) is 107 cm³/mol. The van der Waals surface area contributed by atoms with E-state index in [0.717, 1.165) is 44.2 Å². The number of ether oxygens (including phenoxy) is 2. The van der Waals surface area contributed by atoms with E-state index in [1.165, 1.54) is 5.56 Å². The van der Waals surface area contributed by atoms with Crippen LogP contribution >= 0.6 is 0 Å². The molecule has 0 radical (unpaired) electrons. The molecule has 1 unspecified atom stereocenters. The number of rotatable bonds is 5. The average molecular weight is 377 g/mol. The van der Waals surface area contributed by atoms with Gasteiger partial charge >= 0.3 is 6.09 Å². The van der Waals surface area contributed by atoms with E-state index >= 15 is 0 Å². The van der Waals surface area contributed by atoms with Gasteiger partial charge in [0.2, 0.25) is 0 Å². The summed E-state index contributed by atoms with van der Waals surface area (Å²) < 4.78 is 10.6. The molecule has 0 aromatic heterocycles. The number of alkyl carbamates (subject to hydrolysis) is 1. The van der Waals surface area contributed by atoms with Crippen LogP contribution in [0.5, 0.6) is 5.75 Å². The summed E-state index contributed by atoms with van der Waals surface area (Å²) in [7, 11) is 3.46. The van der Waals surface area contributed by atoms with Gasteiger partial charge in [0.1, 0.15) is 11.4 Å². The first-order chi connectivity index (χ1) is 12.8. The van der Waals surface area contributed by atoms with Gasteiger partial charge in [0.05, 0.1) is 13.2 Å². The maximum atomic E-state index is 11.9. The van der Waals surface area contributed by atoms with Gasteiger partial charge in [-0.3, -0.25) is 4.99 Å². The van der Waals surface area contributed by atoms with Gasteiger partial charge in [-0.2, -0.15) is 0 Å². The molecule has 7 nitrogen and oxygen atoms in total. The molecule has 0 bridgehead atoms. The minimum atomic E-state index is -0.486. The van der Waals surface area contributed by atoms with Crippen molar-refractivity contribution < 1.29 is 14.3 Å². The topological polar surface area (TPSA) is 75.2 Å². The minimum absolute atomic E-state index is 0.0665. The second-order valence-electron chi connectivity index (χ2n) is 7.65. The van der Waals surface area contributed by atoms with Gasteiger partial charge in [0.25, 0.3) is 0 Å². The van der Waals surface area contributed by atoms with Crippen LogP contribution in [0.15, 0.2) is 29.3 Å². The van der Waals surface area contributed by atoms with E-state index in [-0.39, 0.29) is 12.1 Å². The predicted octanol–water partition coefficient (Wildman–Crippen LogP) is 2.41. The van der Waals surface area contributed by atoms with E-state index in [1.54, 1.807) is 14.2 Å². The maximum absolute atomic E-state index is 11.9. The summed E-state index contributed by atoms with van der Waals surface area (Å²) in [6.07, 6.45) is 1.38. The summed E-state index contributed by atoms with van der Waals surface area (Å²) in [5.74, 6) is 1.72. The van der Waals surface area contributed by atoms with Gasteiger partial charge in [0.15, 0.2) is 5.96 Å². The van der Waals surface area contributed by atoms with Crippen molar-refractivity contribution in [2.75, 3.05) is 33.8 Å². The summed E-state index contributed by atoms with van der Waals surface area (Å²) in [5.41, 5.74) is 0.725. The molecule has 2 N–H and O–H groups in total. The summed E-state index contributed by atoms with van der Waals surface area (Å²) in [6.45, 7) is 7.93. The van der Waals surface area contributed by atoms with Gasteiger partial charge < -0.3 is 25.0 Å². The molecule has 1 heterocycles. The molecule has 1 amide bonds. The van der Waals surface area contributed by atoms with E-state index in [4.69, 9.17) is 9.47 Å². The van der Waals surface area contributed by atoms with Crippen molar-refractivity contribution in [1.29, 1.82) is 0 Å². The number of carbonyl (C=O) groups is 1. The molecule has 1 aromatic rings. The van der Waals surface area contributed by atoms with Gasteiger partial charge in [-0.25, -0.2) is 4.79 Å². The third kappa shape index (κ3) is 7.00. The maximum Gasteiger partial charge on any atom is 0.407 e. The fraction of sp³-hybridized carbons (Fsp3) is 0.600. The van der Waals surface area contributed by atoms with Crippen LogP contribution in [-0.2, 0) is 11.2 Å². The molecule has 27 heavy (non-hydrogen) atoms. The molecule has 0 saturated carbocycles. The van der Waals surface area contributed by atoms with Crippen LogP contribution in [0, 0.1) is 0 Å². The first kappa shape index (κ1) is 20.9. The van der Waals surface area contributed by atoms with Crippen LogP contribution in [0.3, 0.4) is 0 Å². The summed E-state index contributed by atoms with van der Waals surface area (Å²) in [5, 5.41) is 6.34. The van der Waals surface area contributed by atoms with Crippen LogP contribution in [0.25, 0.3) is 0 Å². The monoisotopic (exact) mass is 376 g/mol. The molecule has 1 aliphatic heterocycles. The fourth-order valence-electron chi connectivity index (χ4n) is 3.02. The molecule has 0 aliphatic carbocycles. The number of nitrogens with zero attached hydrogens (tertiary/aromatic N) is 2. The van der Waals surface area contributed by atoms with Gasteiger partial charge in [-0.15, -0.1) is 0 Å². The normalized spacial score (nSPS) is 17.6. The molecule has 7 heteroatoms. The zero-order valence-electron chi connectivity index (χ0n) is 17.0. The summed E-state index contributed by atoms with van der Waals surface area (Å²) in [4.78, 5) is 18.5. The molecule has 0 spiro atoms. The lowest BCUT2D eigenvalue weighted by molar-refractivity contribution is 0.0507. The number of nitrogens with one attached hydrogen (secondary N) is 2. The van der Waals surface area contributed by atoms with Crippen LogP contribution in [-0.4, -0.2) is 62.4 Å². The largest absolute Gasteiger partial charge is 0.497 e. The number of amides is 1. The standard InChI is InChI=1S/C20H32N4O3/c1-20(2,3)27-19(25)23-16-10-12-24(14-16)18(21-4)22-11-9-15-7-6-8-17(13-15)26-5/h6-8,13,16H,9-12,14H2,1-5H3,(H,21,22)(H,23,25). The molecule has 1 fully saturated rings. The highest BCUT2D eigenvalue weighted by Gasteiger charge is 2.27. The van der Waals surface area contributed by atoms with Crippen LogP contribution < -0.4 is 15.4 Å². The minimum Gasteiger partial charge on any atom is -0.497 e. The summed E-state index contributed by atoms with van der Waals surface area (Å²) in [6, 6.07) is 8.13. The van der Waals surface area contributed by atoms with E-state index in [1.807, 2.05) is 39.0 Å². The lowest BCUT2D eigenvalue weighted by Crippen LogP contribution is -2.44. The number of benzene rings is 1. The SMILES string of the molecule is CN=C(NCCc1cccc(OC)c1)N1CCC(NC(=O)OC(C)(C)C)C1. The number of hydrogen-bond acceptors (Lipinski definition) is 4. The van der Waals surface area contributed by atoms with Crippen molar-refractivity contribution in [2.24, 2.45) is 4.99 Å². The van der Waals surface area contributed by atoms with Crippen molar-refractivity contribution in [3.05, 3.63) is 29.8 Å². The number of hydrogen-bond donors (Lipinski definition) is 2. The highest BCUT2D eigenvalue weighted by molar-refractivity contribution is 5.80. The summed E-state index contributed by atoms with van der Waals surface area (Å²) >= 11 is 0. The molecule has 1 aromatic carbocycles. The lowest BCUT2D eigenvalue weighted by Gasteiger charge is -2.23. The Morgan fingerprint density at radius 1 is 1.37 bits per heavy atom. The Hall–Kier alpha value is -2.44. The van der Waals surface area contributed by atoms with Crippen LogP contribution in [0.1, 0.15) is 32.8 Å². The second kappa shape index (κ2) is 9.48. The van der Waals surface area contributed by atoms with Crippen molar-refractivity contribution in [2.45, 2.75) is 45.3 Å². The van der Waals surface area contributed by atoms with E-state index in [0.29, 0.717) is 0 Å². The Kier molecular flexibility index (Phi) is 7.33. The first-order valence-corrected chi connectivity index (χ1v) is 9.39. The fourth-order valence-corrected chi connectivity index (χ4v) is 3.02. The van der Waals surface area contributed by atoms with E-state index in [2.05, 4.69) is 26.6 Å². The van der Waals surface area contributed by atoms with Crippen molar-refractivity contribution in [1.82, 2.24) is 15.5 Å². The second-order valence-corrected chi connectivity index (χ2v) is 7.65. The lowest BCUT2D eigenvalue weighted by atomic mass is 10.1. The molecule has 1 saturated heterocycles.